The van der Waals surface area contributed by atoms with Gasteiger partial charge in [0.05, 0.1) is 10.6 Å². The van der Waals surface area contributed by atoms with E-state index in [1.165, 1.54) is 0 Å². The van der Waals surface area contributed by atoms with Crippen LogP contribution in [-0.4, -0.2) is 45.2 Å². The summed E-state index contributed by atoms with van der Waals surface area (Å²) in [7, 11) is -0.975. The van der Waals surface area contributed by atoms with Gasteiger partial charge in [-0.05, 0) is 58.1 Å². The molecule has 0 unspecified atom stereocenters. The highest BCUT2D eigenvalue weighted by molar-refractivity contribution is 7.91. The van der Waals surface area contributed by atoms with Gasteiger partial charge in [0.2, 0.25) is 0 Å². The van der Waals surface area contributed by atoms with Gasteiger partial charge in [-0.3, -0.25) is 0 Å². The molecule has 0 spiro atoms. The second-order valence-corrected chi connectivity index (χ2v) is 7.56. The Morgan fingerprint density at radius 2 is 1.80 bits per heavy atom. The zero-order valence-electron chi connectivity index (χ0n) is 12.9. The molecule has 0 fully saturated rings. The van der Waals surface area contributed by atoms with E-state index in [-0.39, 0.29) is 5.75 Å². The molecule has 1 N–H and O–H groups in total. The van der Waals surface area contributed by atoms with E-state index in [2.05, 4.69) is 31.1 Å². The summed E-state index contributed by atoms with van der Waals surface area (Å²) in [5.41, 5.74) is 0.965. The minimum atomic E-state index is -3.10. The Balaban J connectivity index is 2.43. The Morgan fingerprint density at radius 1 is 1.20 bits per heavy atom. The molecule has 0 saturated carbocycles. The molecule has 114 valence electrons. The number of nitrogens with zero attached hydrogens (tertiary/aromatic N) is 1. The number of anilines is 1. The first-order valence-corrected chi connectivity index (χ1v) is 8.79. The van der Waals surface area contributed by atoms with Crippen LogP contribution >= 0.6 is 0 Å². The zero-order valence-corrected chi connectivity index (χ0v) is 13.7. The van der Waals surface area contributed by atoms with Crippen molar-refractivity contribution in [3.05, 3.63) is 24.3 Å². The Bertz CT molecular complexity index is 495. The Kier molecular flexibility index (Phi) is 6.49. The Labute approximate surface area is 123 Å². The van der Waals surface area contributed by atoms with Crippen LogP contribution in [0.2, 0.25) is 0 Å². The van der Waals surface area contributed by atoms with Crippen LogP contribution in [0, 0.1) is 0 Å². The first kappa shape index (κ1) is 17.0. The fourth-order valence-electron chi connectivity index (χ4n) is 1.77. The van der Waals surface area contributed by atoms with Crippen molar-refractivity contribution in [1.82, 2.24) is 4.90 Å². The molecule has 0 radical (unpaired) electrons. The van der Waals surface area contributed by atoms with Crippen molar-refractivity contribution < 1.29 is 8.42 Å². The molecule has 0 aliphatic heterocycles. The molecule has 0 aromatic heterocycles. The highest BCUT2D eigenvalue weighted by atomic mass is 32.2. The van der Waals surface area contributed by atoms with Gasteiger partial charge in [-0.2, -0.15) is 0 Å². The zero-order chi connectivity index (χ0) is 15.2. The van der Waals surface area contributed by atoms with Gasteiger partial charge in [0, 0.05) is 18.3 Å². The highest BCUT2D eigenvalue weighted by Crippen LogP contribution is 2.15. The van der Waals surface area contributed by atoms with Crippen LogP contribution in [-0.2, 0) is 9.84 Å². The summed E-state index contributed by atoms with van der Waals surface area (Å²) >= 11 is 0. The molecule has 0 atom stereocenters. The third-order valence-electron chi connectivity index (χ3n) is 3.49. The number of nitrogens with one attached hydrogen (secondary N) is 1. The lowest BCUT2D eigenvalue weighted by atomic mass is 10.3. The van der Waals surface area contributed by atoms with Crippen LogP contribution in [0.1, 0.15) is 27.2 Å². The molecule has 1 aromatic rings. The molecule has 0 aliphatic rings. The van der Waals surface area contributed by atoms with E-state index in [4.69, 9.17) is 0 Å². The summed E-state index contributed by atoms with van der Waals surface area (Å²) in [6, 6.07) is 7.56. The predicted octanol–water partition coefficient (Wildman–Crippen LogP) is 2.62. The normalized spacial score (nSPS) is 12.1. The average Bonchev–Trinajstić information content (AvgIpc) is 2.43. The summed E-state index contributed by atoms with van der Waals surface area (Å²) in [6.07, 6.45) is 1.06. The molecule has 0 amide bonds. The van der Waals surface area contributed by atoms with Gasteiger partial charge in [0.1, 0.15) is 0 Å². The van der Waals surface area contributed by atoms with Gasteiger partial charge in [-0.1, -0.05) is 6.92 Å². The third kappa shape index (κ3) is 5.13. The van der Waals surface area contributed by atoms with Crippen LogP contribution < -0.4 is 5.32 Å². The van der Waals surface area contributed by atoms with Crippen molar-refractivity contribution in [1.29, 1.82) is 0 Å². The topological polar surface area (TPSA) is 49.4 Å². The summed E-state index contributed by atoms with van der Waals surface area (Å²) < 4.78 is 23.4. The number of hydrogen-bond acceptors (Lipinski definition) is 4. The number of sulfone groups is 1. The van der Waals surface area contributed by atoms with Gasteiger partial charge in [-0.25, -0.2) is 8.42 Å². The lowest BCUT2D eigenvalue weighted by Gasteiger charge is -2.20. The van der Waals surface area contributed by atoms with E-state index in [0.29, 0.717) is 10.9 Å². The minimum Gasteiger partial charge on any atom is -0.385 e. The van der Waals surface area contributed by atoms with Crippen molar-refractivity contribution in [3.8, 4) is 0 Å². The maximum absolute atomic E-state index is 11.7. The summed E-state index contributed by atoms with van der Waals surface area (Å²) in [4.78, 5) is 2.70. The molecular weight excluding hydrogens is 272 g/mol. The number of rotatable bonds is 8. The van der Waals surface area contributed by atoms with Crippen molar-refractivity contribution in [2.24, 2.45) is 0 Å². The molecule has 20 heavy (non-hydrogen) atoms. The number of benzene rings is 1. The van der Waals surface area contributed by atoms with Crippen molar-refractivity contribution >= 4 is 15.5 Å². The maximum Gasteiger partial charge on any atom is 0.178 e. The molecular formula is C15H26N2O2S. The maximum atomic E-state index is 11.7. The molecule has 1 aromatic carbocycles. The molecule has 5 heteroatoms. The smallest absolute Gasteiger partial charge is 0.178 e. The second kappa shape index (κ2) is 7.64. The second-order valence-electron chi connectivity index (χ2n) is 5.28. The highest BCUT2D eigenvalue weighted by Gasteiger charge is 2.10. The van der Waals surface area contributed by atoms with Crippen LogP contribution in [0.5, 0.6) is 0 Å². The fourth-order valence-corrected chi connectivity index (χ4v) is 2.65. The fraction of sp³-hybridized carbons (Fsp3) is 0.600. The molecule has 1 rings (SSSR count). The Morgan fingerprint density at radius 3 is 2.30 bits per heavy atom. The van der Waals surface area contributed by atoms with Crippen molar-refractivity contribution in [2.75, 3.05) is 31.2 Å². The standard InChI is InChI=1S/C15H26N2O2S/c1-5-20(18,19)15-9-7-14(8-10-15)16-11-6-12-17(4)13(2)3/h7-10,13,16H,5-6,11-12H2,1-4H3. The van der Waals surface area contributed by atoms with E-state index in [1.54, 1.807) is 19.1 Å². The largest absolute Gasteiger partial charge is 0.385 e. The van der Waals surface area contributed by atoms with E-state index in [0.717, 1.165) is 25.2 Å². The van der Waals surface area contributed by atoms with Gasteiger partial charge in [0.15, 0.2) is 9.84 Å². The predicted molar refractivity (Wildman–Crippen MR) is 85.0 cm³/mol. The molecule has 0 heterocycles. The summed E-state index contributed by atoms with van der Waals surface area (Å²) in [5.74, 6) is 0.140. The van der Waals surface area contributed by atoms with E-state index in [9.17, 15) is 8.42 Å². The summed E-state index contributed by atoms with van der Waals surface area (Å²) in [5, 5.41) is 3.31. The van der Waals surface area contributed by atoms with Crippen LogP contribution in [0.4, 0.5) is 5.69 Å². The van der Waals surface area contributed by atoms with Crippen LogP contribution in [0.3, 0.4) is 0 Å². The average molecular weight is 298 g/mol. The lowest BCUT2D eigenvalue weighted by Crippen LogP contribution is -2.28. The van der Waals surface area contributed by atoms with Gasteiger partial charge in [0.25, 0.3) is 0 Å². The number of hydrogen-bond donors (Lipinski definition) is 1. The van der Waals surface area contributed by atoms with E-state index in [1.807, 2.05) is 12.1 Å². The van der Waals surface area contributed by atoms with Crippen LogP contribution in [0.15, 0.2) is 29.2 Å². The first-order valence-electron chi connectivity index (χ1n) is 7.13. The van der Waals surface area contributed by atoms with Crippen LogP contribution in [0.25, 0.3) is 0 Å². The van der Waals surface area contributed by atoms with Crippen molar-refractivity contribution in [2.45, 2.75) is 38.1 Å². The molecule has 4 nitrogen and oxygen atoms in total. The van der Waals surface area contributed by atoms with E-state index >= 15 is 0 Å². The minimum absolute atomic E-state index is 0.140. The summed E-state index contributed by atoms with van der Waals surface area (Å²) in [6.45, 7) is 7.96. The van der Waals surface area contributed by atoms with E-state index < -0.39 is 9.84 Å². The van der Waals surface area contributed by atoms with Gasteiger partial charge < -0.3 is 10.2 Å². The van der Waals surface area contributed by atoms with Gasteiger partial charge >= 0.3 is 0 Å². The van der Waals surface area contributed by atoms with Crippen molar-refractivity contribution in [3.63, 3.8) is 0 Å². The molecule has 0 bridgehead atoms. The Hall–Kier alpha value is -1.07. The SMILES string of the molecule is CCS(=O)(=O)c1ccc(NCCCN(C)C(C)C)cc1. The third-order valence-corrected chi connectivity index (χ3v) is 5.24. The molecule has 0 saturated heterocycles. The monoisotopic (exact) mass is 298 g/mol. The quantitative estimate of drug-likeness (QED) is 0.750. The molecule has 0 aliphatic carbocycles. The van der Waals surface area contributed by atoms with Gasteiger partial charge in [-0.15, -0.1) is 0 Å². The lowest BCUT2D eigenvalue weighted by molar-refractivity contribution is 0.273. The first-order chi connectivity index (χ1) is 9.36.